The first-order valence-corrected chi connectivity index (χ1v) is 7.73. The van der Waals surface area contributed by atoms with Crippen molar-refractivity contribution in [3.05, 3.63) is 41.5 Å². The fourth-order valence-electron chi connectivity index (χ4n) is 2.01. The van der Waals surface area contributed by atoms with Crippen LogP contribution in [-0.2, 0) is 4.79 Å². The zero-order chi connectivity index (χ0) is 16.5. The van der Waals surface area contributed by atoms with Crippen molar-refractivity contribution in [1.82, 2.24) is 10.6 Å². The zero-order valence-electron chi connectivity index (χ0n) is 13.8. The standard InChI is InChI=1S/C18H26N2O2/c1-13(2)5-6-14(3)20-17(21)12-9-15-7-10-16(11-8-15)18(22)19-4/h7-14H,5-6H2,1-4H3,(H,19,22)(H,20,21)/b12-9+. The number of hydrogen-bond acceptors (Lipinski definition) is 2. The fourth-order valence-corrected chi connectivity index (χ4v) is 2.01. The van der Waals surface area contributed by atoms with Crippen LogP contribution in [0.15, 0.2) is 30.3 Å². The Morgan fingerprint density at radius 3 is 2.27 bits per heavy atom. The average molecular weight is 302 g/mol. The van der Waals surface area contributed by atoms with Gasteiger partial charge in [0.25, 0.3) is 5.91 Å². The Bertz CT molecular complexity index is 518. The van der Waals surface area contributed by atoms with Gasteiger partial charge in [0.1, 0.15) is 0 Å². The van der Waals surface area contributed by atoms with E-state index >= 15 is 0 Å². The largest absolute Gasteiger partial charge is 0.355 e. The first kappa shape index (κ1) is 18.0. The Labute approximate surface area is 133 Å². The van der Waals surface area contributed by atoms with E-state index in [1.807, 2.05) is 19.1 Å². The molecule has 1 unspecified atom stereocenters. The van der Waals surface area contributed by atoms with Crippen LogP contribution in [0.3, 0.4) is 0 Å². The van der Waals surface area contributed by atoms with Gasteiger partial charge in [-0.3, -0.25) is 9.59 Å². The number of carbonyl (C=O) groups excluding carboxylic acids is 2. The van der Waals surface area contributed by atoms with Crippen molar-refractivity contribution in [2.45, 2.75) is 39.7 Å². The molecule has 1 atom stereocenters. The minimum atomic E-state index is -0.118. The molecule has 0 aliphatic rings. The Kier molecular flexibility index (Phi) is 7.37. The predicted octanol–water partition coefficient (Wildman–Crippen LogP) is 3.00. The summed E-state index contributed by atoms with van der Waals surface area (Å²) in [6.07, 6.45) is 5.36. The SMILES string of the molecule is CNC(=O)c1ccc(/C=C/C(=O)NC(C)CCC(C)C)cc1. The number of benzene rings is 1. The molecule has 4 heteroatoms. The maximum absolute atomic E-state index is 11.8. The summed E-state index contributed by atoms with van der Waals surface area (Å²) in [5, 5.41) is 5.53. The summed E-state index contributed by atoms with van der Waals surface area (Å²) < 4.78 is 0. The lowest BCUT2D eigenvalue weighted by atomic mass is 10.0. The number of nitrogens with one attached hydrogen (secondary N) is 2. The Balaban J connectivity index is 2.50. The van der Waals surface area contributed by atoms with E-state index in [4.69, 9.17) is 0 Å². The van der Waals surface area contributed by atoms with Crippen molar-refractivity contribution in [2.75, 3.05) is 7.05 Å². The summed E-state index contributed by atoms with van der Waals surface area (Å²) in [6.45, 7) is 6.38. The lowest BCUT2D eigenvalue weighted by molar-refractivity contribution is -0.117. The van der Waals surface area contributed by atoms with E-state index in [0.29, 0.717) is 11.5 Å². The third-order valence-corrected chi connectivity index (χ3v) is 3.39. The molecule has 0 saturated carbocycles. The van der Waals surface area contributed by atoms with Gasteiger partial charge in [-0.25, -0.2) is 0 Å². The highest BCUT2D eigenvalue weighted by Gasteiger charge is 2.06. The molecule has 1 aromatic rings. The first-order valence-electron chi connectivity index (χ1n) is 7.73. The highest BCUT2D eigenvalue weighted by atomic mass is 16.2. The van der Waals surface area contributed by atoms with E-state index in [1.54, 1.807) is 25.3 Å². The molecular formula is C18H26N2O2. The monoisotopic (exact) mass is 302 g/mol. The van der Waals surface area contributed by atoms with Crippen LogP contribution >= 0.6 is 0 Å². The molecule has 2 N–H and O–H groups in total. The Hall–Kier alpha value is -2.10. The molecule has 120 valence electrons. The molecule has 0 bridgehead atoms. The molecule has 0 saturated heterocycles. The average Bonchev–Trinajstić information content (AvgIpc) is 2.50. The lowest BCUT2D eigenvalue weighted by Crippen LogP contribution is -2.31. The van der Waals surface area contributed by atoms with E-state index in [-0.39, 0.29) is 17.9 Å². The number of carbonyl (C=O) groups is 2. The van der Waals surface area contributed by atoms with Crippen LogP contribution in [0.2, 0.25) is 0 Å². The van der Waals surface area contributed by atoms with Gasteiger partial charge in [0.2, 0.25) is 5.91 Å². The Morgan fingerprint density at radius 1 is 1.09 bits per heavy atom. The van der Waals surface area contributed by atoms with Crippen LogP contribution in [0.25, 0.3) is 6.08 Å². The van der Waals surface area contributed by atoms with Crippen LogP contribution in [0.1, 0.15) is 49.5 Å². The van der Waals surface area contributed by atoms with Crippen molar-refractivity contribution in [3.63, 3.8) is 0 Å². The second-order valence-electron chi connectivity index (χ2n) is 5.92. The van der Waals surface area contributed by atoms with E-state index in [2.05, 4.69) is 24.5 Å². The number of rotatable bonds is 7. The van der Waals surface area contributed by atoms with Crippen LogP contribution in [-0.4, -0.2) is 24.9 Å². The van der Waals surface area contributed by atoms with Crippen molar-refractivity contribution in [2.24, 2.45) is 5.92 Å². The second kappa shape index (κ2) is 9.03. The van der Waals surface area contributed by atoms with E-state index in [1.165, 1.54) is 6.08 Å². The van der Waals surface area contributed by atoms with Gasteiger partial charge in [0.15, 0.2) is 0 Å². The Morgan fingerprint density at radius 2 is 1.73 bits per heavy atom. The molecule has 22 heavy (non-hydrogen) atoms. The molecule has 0 spiro atoms. The highest BCUT2D eigenvalue weighted by Crippen LogP contribution is 2.08. The van der Waals surface area contributed by atoms with Crippen LogP contribution in [0, 0.1) is 5.92 Å². The summed E-state index contributed by atoms with van der Waals surface area (Å²) in [6, 6.07) is 7.28. The van der Waals surface area contributed by atoms with Gasteiger partial charge in [-0.05, 0) is 49.5 Å². The summed E-state index contributed by atoms with van der Waals surface area (Å²) in [7, 11) is 1.60. The third-order valence-electron chi connectivity index (χ3n) is 3.39. The lowest BCUT2D eigenvalue weighted by Gasteiger charge is -2.13. The topological polar surface area (TPSA) is 58.2 Å². The van der Waals surface area contributed by atoms with Crippen molar-refractivity contribution in [1.29, 1.82) is 0 Å². The number of amides is 2. The van der Waals surface area contributed by atoms with Crippen LogP contribution in [0.5, 0.6) is 0 Å². The third kappa shape index (κ3) is 6.57. The van der Waals surface area contributed by atoms with Crippen LogP contribution in [0.4, 0.5) is 0 Å². The van der Waals surface area contributed by atoms with Gasteiger partial charge in [0.05, 0.1) is 0 Å². The maximum Gasteiger partial charge on any atom is 0.251 e. The quantitative estimate of drug-likeness (QED) is 0.761. The zero-order valence-corrected chi connectivity index (χ0v) is 13.8. The molecule has 0 aliphatic carbocycles. The van der Waals surface area contributed by atoms with E-state index in [0.717, 1.165) is 18.4 Å². The molecule has 1 aromatic carbocycles. The molecule has 0 aromatic heterocycles. The van der Waals surface area contributed by atoms with Crippen molar-refractivity contribution < 1.29 is 9.59 Å². The minimum absolute atomic E-state index is 0.0911. The maximum atomic E-state index is 11.8. The summed E-state index contributed by atoms with van der Waals surface area (Å²) >= 11 is 0. The molecule has 2 amide bonds. The van der Waals surface area contributed by atoms with Gasteiger partial charge in [-0.2, -0.15) is 0 Å². The molecule has 4 nitrogen and oxygen atoms in total. The summed E-state index contributed by atoms with van der Waals surface area (Å²) in [4.78, 5) is 23.3. The van der Waals surface area contributed by atoms with E-state index in [9.17, 15) is 9.59 Å². The fraction of sp³-hybridized carbons (Fsp3) is 0.444. The summed E-state index contributed by atoms with van der Waals surface area (Å²) in [5.41, 5.74) is 1.49. The molecule has 1 rings (SSSR count). The molecular weight excluding hydrogens is 276 g/mol. The molecule has 0 heterocycles. The smallest absolute Gasteiger partial charge is 0.251 e. The minimum Gasteiger partial charge on any atom is -0.355 e. The van der Waals surface area contributed by atoms with E-state index < -0.39 is 0 Å². The molecule has 0 fully saturated rings. The predicted molar refractivity (Wildman–Crippen MR) is 90.5 cm³/mol. The van der Waals surface area contributed by atoms with Gasteiger partial charge in [-0.15, -0.1) is 0 Å². The molecule has 0 radical (unpaired) electrons. The van der Waals surface area contributed by atoms with Crippen molar-refractivity contribution in [3.8, 4) is 0 Å². The number of hydrogen-bond donors (Lipinski definition) is 2. The highest BCUT2D eigenvalue weighted by molar-refractivity contribution is 5.94. The normalized spacial score (nSPS) is 12.4. The van der Waals surface area contributed by atoms with Crippen LogP contribution < -0.4 is 10.6 Å². The summed E-state index contributed by atoms with van der Waals surface area (Å²) in [5.74, 6) is 0.438. The second-order valence-corrected chi connectivity index (χ2v) is 5.92. The van der Waals surface area contributed by atoms with Gasteiger partial charge in [-0.1, -0.05) is 26.0 Å². The van der Waals surface area contributed by atoms with Gasteiger partial charge in [0, 0.05) is 24.7 Å². The van der Waals surface area contributed by atoms with Gasteiger partial charge < -0.3 is 10.6 Å². The first-order chi connectivity index (χ1) is 10.4. The van der Waals surface area contributed by atoms with Crippen molar-refractivity contribution >= 4 is 17.9 Å². The van der Waals surface area contributed by atoms with Gasteiger partial charge >= 0.3 is 0 Å². The molecule has 0 aliphatic heterocycles.